The maximum Gasteiger partial charge on any atom is 0.411 e. The molecule has 17 heavy (non-hydrogen) atoms. The number of hydrogen-bond donors (Lipinski definition) is 3. The van der Waals surface area contributed by atoms with Crippen LogP contribution in [0.1, 0.15) is 26.2 Å². The van der Waals surface area contributed by atoms with Crippen LogP contribution in [0.25, 0.3) is 0 Å². The van der Waals surface area contributed by atoms with E-state index in [9.17, 15) is 22.8 Å². The number of hydrogen-bond acceptors (Lipinski definition) is 2. The highest BCUT2D eigenvalue weighted by Crippen LogP contribution is 2.48. The third kappa shape index (κ3) is 3.50. The summed E-state index contributed by atoms with van der Waals surface area (Å²) in [6.45, 7) is 1.40. The summed E-state index contributed by atoms with van der Waals surface area (Å²) in [4.78, 5) is 21.5. The molecular weight excluding hydrogens is 241 g/mol. The first-order valence-corrected chi connectivity index (χ1v) is 5.03. The second kappa shape index (κ2) is 4.42. The lowest BCUT2D eigenvalue weighted by molar-refractivity contribution is -0.162. The zero-order valence-electron chi connectivity index (χ0n) is 9.10. The van der Waals surface area contributed by atoms with Gasteiger partial charge in [-0.1, -0.05) is 0 Å². The van der Waals surface area contributed by atoms with Gasteiger partial charge in [0.1, 0.15) is 5.54 Å². The van der Waals surface area contributed by atoms with Crippen molar-refractivity contribution >= 4 is 12.0 Å². The molecule has 0 heterocycles. The van der Waals surface area contributed by atoms with Crippen molar-refractivity contribution in [2.24, 2.45) is 0 Å². The van der Waals surface area contributed by atoms with Gasteiger partial charge in [-0.25, -0.2) is 4.79 Å². The first-order valence-electron chi connectivity index (χ1n) is 5.03. The van der Waals surface area contributed by atoms with E-state index in [4.69, 9.17) is 5.11 Å². The maximum absolute atomic E-state index is 12.5. The number of rotatable bonds is 4. The fraction of sp³-hybridized carbons (Fsp3) is 0.778. The molecule has 1 aliphatic rings. The molecule has 1 unspecified atom stereocenters. The van der Waals surface area contributed by atoms with Gasteiger partial charge in [0.05, 0.1) is 6.42 Å². The highest BCUT2D eigenvalue weighted by molar-refractivity contribution is 5.77. The number of alkyl halides is 3. The van der Waals surface area contributed by atoms with E-state index in [1.807, 2.05) is 5.32 Å². The Labute approximate surface area is 95.4 Å². The van der Waals surface area contributed by atoms with Crippen LogP contribution in [0.4, 0.5) is 18.0 Å². The van der Waals surface area contributed by atoms with Gasteiger partial charge in [0.2, 0.25) is 0 Å². The molecule has 0 saturated heterocycles. The van der Waals surface area contributed by atoms with Crippen molar-refractivity contribution < 1.29 is 27.9 Å². The minimum Gasteiger partial charge on any atom is -0.481 e. The van der Waals surface area contributed by atoms with Gasteiger partial charge in [0, 0.05) is 6.04 Å². The predicted molar refractivity (Wildman–Crippen MR) is 51.4 cm³/mol. The predicted octanol–water partition coefficient (Wildman–Crippen LogP) is 1.24. The van der Waals surface area contributed by atoms with Gasteiger partial charge >= 0.3 is 18.2 Å². The summed E-state index contributed by atoms with van der Waals surface area (Å²) in [6, 6.07) is -1.72. The molecule has 1 saturated carbocycles. The summed E-state index contributed by atoms with van der Waals surface area (Å²) in [5.41, 5.74) is -2.12. The molecule has 1 fully saturated rings. The highest BCUT2D eigenvalue weighted by Gasteiger charge is 2.64. The Bertz CT molecular complexity index is 326. The number of carbonyl (C=O) groups excluding carboxylic acids is 1. The fourth-order valence-corrected chi connectivity index (χ4v) is 1.39. The monoisotopic (exact) mass is 254 g/mol. The van der Waals surface area contributed by atoms with Gasteiger partial charge in [0.15, 0.2) is 0 Å². The molecule has 8 heteroatoms. The van der Waals surface area contributed by atoms with Crippen LogP contribution < -0.4 is 10.6 Å². The first kappa shape index (κ1) is 13.6. The second-order valence-corrected chi connectivity index (χ2v) is 4.18. The summed E-state index contributed by atoms with van der Waals surface area (Å²) in [5.74, 6) is -1.13. The van der Waals surface area contributed by atoms with Crippen LogP contribution in [0.15, 0.2) is 0 Å². The van der Waals surface area contributed by atoms with E-state index in [0.717, 1.165) is 0 Å². The zero-order valence-corrected chi connectivity index (χ0v) is 9.10. The molecule has 0 aromatic rings. The van der Waals surface area contributed by atoms with Crippen molar-refractivity contribution in [3.8, 4) is 0 Å². The smallest absolute Gasteiger partial charge is 0.411 e. The van der Waals surface area contributed by atoms with Crippen LogP contribution in [0, 0.1) is 0 Å². The molecular formula is C9H13F3N2O3. The lowest BCUT2D eigenvalue weighted by atomic mass is 10.2. The second-order valence-electron chi connectivity index (χ2n) is 4.18. The van der Waals surface area contributed by atoms with Crippen LogP contribution >= 0.6 is 0 Å². The molecule has 2 amide bonds. The van der Waals surface area contributed by atoms with Gasteiger partial charge < -0.3 is 15.7 Å². The minimum atomic E-state index is -4.47. The first-order chi connectivity index (χ1) is 7.66. The van der Waals surface area contributed by atoms with Crippen molar-refractivity contribution in [1.82, 2.24) is 10.6 Å². The largest absolute Gasteiger partial charge is 0.481 e. The number of nitrogens with one attached hydrogen (secondary N) is 2. The maximum atomic E-state index is 12.5. The Balaban J connectivity index is 2.43. The number of carbonyl (C=O) groups is 2. The van der Waals surface area contributed by atoms with Gasteiger partial charge in [-0.15, -0.1) is 0 Å². The summed E-state index contributed by atoms with van der Waals surface area (Å²) in [7, 11) is 0. The van der Waals surface area contributed by atoms with Crippen LogP contribution in [-0.2, 0) is 4.79 Å². The minimum absolute atomic E-state index is 0.142. The van der Waals surface area contributed by atoms with E-state index in [-0.39, 0.29) is 19.3 Å². The molecule has 0 aromatic carbocycles. The molecule has 3 N–H and O–H groups in total. The summed E-state index contributed by atoms with van der Waals surface area (Å²) >= 11 is 0. The molecule has 0 bridgehead atoms. The van der Waals surface area contributed by atoms with Gasteiger partial charge in [-0.05, 0) is 19.8 Å². The van der Waals surface area contributed by atoms with Crippen molar-refractivity contribution in [3.05, 3.63) is 0 Å². The summed E-state index contributed by atoms with van der Waals surface area (Å²) in [5, 5.41) is 12.4. The number of urea groups is 1. The van der Waals surface area contributed by atoms with Crippen LogP contribution in [0.5, 0.6) is 0 Å². The number of halogens is 3. The average molecular weight is 254 g/mol. The zero-order chi connectivity index (χ0) is 13.3. The molecule has 0 radical (unpaired) electrons. The molecule has 1 rings (SSSR count). The molecule has 0 aromatic heterocycles. The molecule has 0 spiro atoms. The summed E-state index contributed by atoms with van der Waals surface area (Å²) < 4.78 is 37.4. The third-order valence-electron chi connectivity index (χ3n) is 2.50. The van der Waals surface area contributed by atoms with Crippen LogP contribution in [-0.4, -0.2) is 34.9 Å². The number of carboxylic acid groups (broad SMARTS) is 1. The van der Waals surface area contributed by atoms with E-state index in [1.165, 1.54) is 6.92 Å². The van der Waals surface area contributed by atoms with Gasteiger partial charge in [-0.2, -0.15) is 13.2 Å². The van der Waals surface area contributed by atoms with Crippen LogP contribution in [0.2, 0.25) is 0 Å². The quantitative estimate of drug-likeness (QED) is 0.706. The average Bonchev–Trinajstić information content (AvgIpc) is 2.80. The normalized spacial score (nSPS) is 19.3. The topological polar surface area (TPSA) is 78.4 Å². The Hall–Kier alpha value is -1.47. The van der Waals surface area contributed by atoms with Crippen molar-refractivity contribution in [1.29, 1.82) is 0 Å². The van der Waals surface area contributed by atoms with Crippen molar-refractivity contribution in [3.63, 3.8) is 0 Å². The Morgan fingerprint density at radius 3 is 2.29 bits per heavy atom. The Morgan fingerprint density at radius 1 is 1.41 bits per heavy atom. The van der Waals surface area contributed by atoms with Crippen molar-refractivity contribution in [2.45, 2.75) is 43.9 Å². The molecule has 0 aliphatic heterocycles. The van der Waals surface area contributed by atoms with Gasteiger partial charge in [0.25, 0.3) is 0 Å². The Morgan fingerprint density at radius 2 is 1.94 bits per heavy atom. The van der Waals surface area contributed by atoms with Gasteiger partial charge in [-0.3, -0.25) is 4.79 Å². The lowest BCUT2D eigenvalue weighted by Crippen LogP contribution is -2.53. The molecule has 98 valence electrons. The van der Waals surface area contributed by atoms with E-state index < -0.39 is 29.8 Å². The fourth-order valence-electron chi connectivity index (χ4n) is 1.39. The molecule has 1 aliphatic carbocycles. The van der Waals surface area contributed by atoms with E-state index >= 15 is 0 Å². The highest BCUT2D eigenvalue weighted by atomic mass is 19.4. The number of aliphatic carboxylic acids is 1. The summed E-state index contributed by atoms with van der Waals surface area (Å²) in [6.07, 6.45) is -5.10. The van der Waals surface area contributed by atoms with E-state index in [1.54, 1.807) is 0 Å². The van der Waals surface area contributed by atoms with E-state index in [0.29, 0.717) is 0 Å². The van der Waals surface area contributed by atoms with Crippen molar-refractivity contribution in [2.75, 3.05) is 0 Å². The molecule has 5 nitrogen and oxygen atoms in total. The Kier molecular flexibility index (Phi) is 3.53. The lowest BCUT2D eigenvalue weighted by Gasteiger charge is -2.22. The SMILES string of the molecule is CC(CC(=O)O)NC(=O)NC1(C(F)(F)F)CC1. The van der Waals surface area contributed by atoms with Crippen LogP contribution in [0.3, 0.4) is 0 Å². The number of carboxylic acids is 1. The molecule has 1 atom stereocenters. The van der Waals surface area contributed by atoms with E-state index in [2.05, 4.69) is 5.32 Å². The standard InChI is InChI=1S/C9H13F3N2O3/c1-5(4-6(15)16)13-7(17)14-8(2-3-8)9(10,11)12/h5H,2-4H2,1H3,(H,15,16)(H2,13,14,17). The third-order valence-corrected chi connectivity index (χ3v) is 2.50. The number of amides is 2.